The van der Waals surface area contributed by atoms with Crippen molar-refractivity contribution in [3.63, 3.8) is 0 Å². The lowest BCUT2D eigenvalue weighted by atomic mass is 10.3. The highest BCUT2D eigenvalue weighted by atomic mass is 35.5. The number of amides is 1. The van der Waals surface area contributed by atoms with E-state index in [0.29, 0.717) is 10.7 Å². The van der Waals surface area contributed by atoms with Crippen molar-refractivity contribution in [2.45, 2.75) is 0 Å². The number of H-pyrrole nitrogens is 1. The minimum absolute atomic E-state index is 0.0263. The Balaban J connectivity index is 2.07. The third kappa shape index (κ3) is 1.91. The molecule has 0 unspecified atom stereocenters. The maximum absolute atomic E-state index is 11.8. The van der Waals surface area contributed by atoms with E-state index in [-0.39, 0.29) is 5.91 Å². The second-order valence-corrected chi connectivity index (χ2v) is 3.71. The lowest BCUT2D eigenvalue weighted by molar-refractivity contribution is 0.0730. The molecule has 1 fully saturated rings. The Morgan fingerprint density at radius 1 is 1.43 bits per heavy atom. The van der Waals surface area contributed by atoms with Crippen LogP contribution < -0.4 is 5.32 Å². The van der Waals surface area contributed by atoms with Crippen LogP contribution in [-0.2, 0) is 0 Å². The van der Waals surface area contributed by atoms with Gasteiger partial charge >= 0.3 is 0 Å². The highest BCUT2D eigenvalue weighted by Gasteiger charge is 2.18. The Labute approximate surface area is 87.2 Å². The molecule has 5 heteroatoms. The summed E-state index contributed by atoms with van der Waals surface area (Å²) in [5.74, 6) is 0.0263. The summed E-state index contributed by atoms with van der Waals surface area (Å²) in [5, 5.41) is 3.77. The molecule has 0 atom stereocenters. The lowest BCUT2D eigenvalue weighted by Crippen LogP contribution is -2.46. The van der Waals surface area contributed by atoms with Crippen molar-refractivity contribution < 1.29 is 4.79 Å². The first-order chi connectivity index (χ1) is 6.77. The molecule has 0 radical (unpaired) electrons. The van der Waals surface area contributed by atoms with Crippen LogP contribution in [-0.4, -0.2) is 42.0 Å². The van der Waals surface area contributed by atoms with Gasteiger partial charge in [-0.2, -0.15) is 0 Å². The number of carbonyl (C=O) groups is 1. The monoisotopic (exact) mass is 213 g/mol. The fourth-order valence-electron chi connectivity index (χ4n) is 1.53. The smallest absolute Gasteiger partial charge is 0.270 e. The molecular formula is C9H12ClN3O. The number of rotatable bonds is 1. The fraction of sp³-hybridized carbons (Fsp3) is 0.444. The highest BCUT2D eigenvalue weighted by molar-refractivity contribution is 6.30. The number of nitrogens with zero attached hydrogens (tertiary/aromatic N) is 1. The maximum Gasteiger partial charge on any atom is 0.270 e. The minimum Gasteiger partial charge on any atom is -0.356 e. The first-order valence-electron chi connectivity index (χ1n) is 4.61. The van der Waals surface area contributed by atoms with Crippen molar-refractivity contribution in [1.29, 1.82) is 0 Å². The van der Waals surface area contributed by atoms with Crippen LogP contribution in [0.15, 0.2) is 12.3 Å². The number of hydrogen-bond acceptors (Lipinski definition) is 2. The number of carbonyl (C=O) groups excluding carboxylic acids is 1. The van der Waals surface area contributed by atoms with Gasteiger partial charge in [-0.15, -0.1) is 0 Å². The molecule has 0 saturated carbocycles. The topological polar surface area (TPSA) is 48.1 Å². The van der Waals surface area contributed by atoms with Crippen molar-refractivity contribution in [3.8, 4) is 0 Å². The van der Waals surface area contributed by atoms with E-state index >= 15 is 0 Å². The zero-order chi connectivity index (χ0) is 9.97. The predicted molar refractivity (Wildman–Crippen MR) is 54.6 cm³/mol. The number of halogens is 1. The summed E-state index contributed by atoms with van der Waals surface area (Å²) in [6.45, 7) is 3.24. The van der Waals surface area contributed by atoms with Crippen LogP contribution in [0.25, 0.3) is 0 Å². The van der Waals surface area contributed by atoms with E-state index in [1.54, 1.807) is 12.3 Å². The van der Waals surface area contributed by atoms with E-state index in [2.05, 4.69) is 10.3 Å². The summed E-state index contributed by atoms with van der Waals surface area (Å²) in [6, 6.07) is 1.66. The summed E-state index contributed by atoms with van der Waals surface area (Å²) in [5.41, 5.74) is 0.567. The second kappa shape index (κ2) is 4.02. The van der Waals surface area contributed by atoms with E-state index in [9.17, 15) is 4.79 Å². The van der Waals surface area contributed by atoms with E-state index in [1.165, 1.54) is 0 Å². The Kier molecular flexibility index (Phi) is 2.74. The average molecular weight is 214 g/mol. The van der Waals surface area contributed by atoms with Gasteiger partial charge in [-0.1, -0.05) is 11.6 Å². The summed E-state index contributed by atoms with van der Waals surface area (Å²) in [7, 11) is 0. The second-order valence-electron chi connectivity index (χ2n) is 3.27. The van der Waals surface area contributed by atoms with Crippen molar-refractivity contribution >= 4 is 17.5 Å². The Morgan fingerprint density at radius 2 is 2.14 bits per heavy atom. The molecule has 1 saturated heterocycles. The summed E-state index contributed by atoms with van der Waals surface area (Å²) in [6.07, 6.45) is 1.62. The largest absolute Gasteiger partial charge is 0.356 e. The van der Waals surface area contributed by atoms with E-state index in [1.807, 2.05) is 4.90 Å². The molecule has 0 aromatic carbocycles. The molecule has 1 aromatic heterocycles. The van der Waals surface area contributed by atoms with Crippen LogP contribution in [0.2, 0.25) is 5.02 Å². The van der Waals surface area contributed by atoms with E-state index in [4.69, 9.17) is 11.6 Å². The predicted octanol–water partition coefficient (Wildman–Crippen LogP) is 0.713. The normalized spacial score (nSPS) is 17.1. The zero-order valence-electron chi connectivity index (χ0n) is 7.72. The van der Waals surface area contributed by atoms with Crippen LogP contribution >= 0.6 is 11.6 Å². The third-order valence-corrected chi connectivity index (χ3v) is 2.50. The standard InChI is InChI=1S/C9H12ClN3O/c10-7-5-8(12-6-7)9(14)13-3-1-11-2-4-13/h5-6,11-12H,1-4H2. The Hall–Kier alpha value is -1.00. The van der Waals surface area contributed by atoms with Gasteiger partial charge in [0.05, 0.1) is 5.02 Å². The van der Waals surface area contributed by atoms with Gasteiger partial charge in [-0.3, -0.25) is 4.79 Å². The summed E-state index contributed by atoms with van der Waals surface area (Å²) < 4.78 is 0. The maximum atomic E-state index is 11.8. The number of aromatic amines is 1. The molecule has 1 amide bonds. The molecule has 2 heterocycles. The quantitative estimate of drug-likeness (QED) is 0.722. The average Bonchev–Trinajstić information content (AvgIpc) is 2.65. The van der Waals surface area contributed by atoms with Crippen molar-refractivity contribution in [2.24, 2.45) is 0 Å². The van der Waals surface area contributed by atoms with Gasteiger partial charge in [-0.05, 0) is 6.07 Å². The molecule has 0 spiro atoms. The Bertz CT molecular complexity index is 331. The molecule has 4 nitrogen and oxygen atoms in total. The Morgan fingerprint density at radius 3 is 2.71 bits per heavy atom. The molecule has 1 aliphatic heterocycles. The van der Waals surface area contributed by atoms with Gasteiger partial charge in [0.25, 0.3) is 5.91 Å². The van der Waals surface area contributed by atoms with Gasteiger partial charge in [0.1, 0.15) is 5.69 Å². The van der Waals surface area contributed by atoms with Gasteiger partial charge in [0, 0.05) is 32.4 Å². The van der Waals surface area contributed by atoms with Crippen molar-refractivity contribution in [3.05, 3.63) is 23.0 Å². The molecule has 14 heavy (non-hydrogen) atoms. The fourth-order valence-corrected chi connectivity index (χ4v) is 1.69. The van der Waals surface area contributed by atoms with Crippen LogP contribution in [0.4, 0.5) is 0 Å². The highest BCUT2D eigenvalue weighted by Crippen LogP contribution is 2.11. The zero-order valence-corrected chi connectivity index (χ0v) is 8.47. The summed E-state index contributed by atoms with van der Waals surface area (Å²) in [4.78, 5) is 16.5. The number of hydrogen-bond donors (Lipinski definition) is 2. The third-order valence-electron chi connectivity index (χ3n) is 2.28. The molecule has 2 N–H and O–H groups in total. The lowest BCUT2D eigenvalue weighted by Gasteiger charge is -2.26. The van der Waals surface area contributed by atoms with Crippen LogP contribution in [0, 0.1) is 0 Å². The van der Waals surface area contributed by atoms with Crippen LogP contribution in [0.3, 0.4) is 0 Å². The SMILES string of the molecule is O=C(c1cc(Cl)c[nH]1)N1CCNCC1. The van der Waals surface area contributed by atoms with Gasteiger partial charge in [0.2, 0.25) is 0 Å². The first kappa shape index (κ1) is 9.55. The van der Waals surface area contributed by atoms with E-state index in [0.717, 1.165) is 26.2 Å². The van der Waals surface area contributed by atoms with Crippen LogP contribution in [0.1, 0.15) is 10.5 Å². The van der Waals surface area contributed by atoms with Gasteiger partial charge in [-0.25, -0.2) is 0 Å². The molecule has 2 rings (SSSR count). The molecule has 0 bridgehead atoms. The number of piperazine rings is 1. The molecule has 76 valence electrons. The van der Waals surface area contributed by atoms with Crippen molar-refractivity contribution in [1.82, 2.24) is 15.2 Å². The van der Waals surface area contributed by atoms with Gasteiger partial charge in [0.15, 0.2) is 0 Å². The number of aromatic nitrogens is 1. The number of nitrogens with one attached hydrogen (secondary N) is 2. The molecule has 1 aliphatic rings. The molecule has 0 aliphatic carbocycles. The van der Waals surface area contributed by atoms with Gasteiger partial charge < -0.3 is 15.2 Å². The minimum atomic E-state index is 0.0263. The molecule has 1 aromatic rings. The van der Waals surface area contributed by atoms with Crippen LogP contribution in [0.5, 0.6) is 0 Å². The summed E-state index contributed by atoms with van der Waals surface area (Å²) >= 11 is 5.73. The van der Waals surface area contributed by atoms with E-state index < -0.39 is 0 Å². The first-order valence-corrected chi connectivity index (χ1v) is 4.99. The molecular weight excluding hydrogens is 202 g/mol. The van der Waals surface area contributed by atoms with Crippen molar-refractivity contribution in [2.75, 3.05) is 26.2 Å².